The lowest BCUT2D eigenvalue weighted by atomic mass is 10.0. The van der Waals surface area contributed by atoms with Crippen molar-refractivity contribution < 1.29 is 9.53 Å². The van der Waals surface area contributed by atoms with Gasteiger partial charge in [-0.1, -0.05) is 0 Å². The summed E-state index contributed by atoms with van der Waals surface area (Å²) in [6, 6.07) is 3.53. The molecule has 2 unspecified atom stereocenters. The van der Waals surface area contributed by atoms with Crippen molar-refractivity contribution in [1.82, 2.24) is 10.3 Å². The fourth-order valence-electron chi connectivity index (χ4n) is 1.90. The SMILES string of the molecule is C[C@@H](NC(=O)C1COCC1N)c1ccncc1. The van der Waals surface area contributed by atoms with E-state index in [4.69, 9.17) is 10.5 Å². The molecule has 1 amide bonds. The third-order valence-corrected chi connectivity index (χ3v) is 3.03. The van der Waals surface area contributed by atoms with E-state index < -0.39 is 0 Å². The van der Waals surface area contributed by atoms with Crippen LogP contribution in [0.15, 0.2) is 24.5 Å². The van der Waals surface area contributed by atoms with Gasteiger partial charge >= 0.3 is 0 Å². The standard InChI is InChI=1S/C12H17N3O2/c1-8(9-2-4-14-5-3-9)15-12(16)10-6-17-7-11(10)13/h2-5,8,10-11H,6-7,13H2,1H3,(H,15,16)/t8-,10?,11?/m1/s1. The Balaban J connectivity index is 1.95. The summed E-state index contributed by atoms with van der Waals surface area (Å²) in [5.41, 5.74) is 6.83. The fourth-order valence-corrected chi connectivity index (χ4v) is 1.90. The second-order valence-corrected chi connectivity index (χ2v) is 4.32. The number of pyridine rings is 1. The normalized spacial score (nSPS) is 25.5. The molecule has 2 heterocycles. The molecule has 92 valence electrons. The third-order valence-electron chi connectivity index (χ3n) is 3.03. The number of ether oxygens (including phenoxy) is 1. The number of carbonyl (C=O) groups is 1. The lowest BCUT2D eigenvalue weighted by Gasteiger charge is -2.18. The molecule has 1 saturated heterocycles. The highest BCUT2D eigenvalue weighted by Gasteiger charge is 2.31. The van der Waals surface area contributed by atoms with Gasteiger partial charge in [-0.2, -0.15) is 0 Å². The van der Waals surface area contributed by atoms with Crippen LogP contribution in [-0.2, 0) is 9.53 Å². The largest absolute Gasteiger partial charge is 0.379 e. The maximum Gasteiger partial charge on any atom is 0.227 e. The summed E-state index contributed by atoms with van der Waals surface area (Å²) in [5.74, 6) is -0.279. The fraction of sp³-hybridized carbons (Fsp3) is 0.500. The molecule has 0 aromatic carbocycles. The van der Waals surface area contributed by atoms with E-state index in [0.717, 1.165) is 5.56 Å². The Hall–Kier alpha value is -1.46. The van der Waals surface area contributed by atoms with Gasteiger partial charge in [0, 0.05) is 18.4 Å². The van der Waals surface area contributed by atoms with Crippen molar-refractivity contribution in [3.8, 4) is 0 Å². The van der Waals surface area contributed by atoms with Gasteiger partial charge in [0.25, 0.3) is 0 Å². The van der Waals surface area contributed by atoms with E-state index in [-0.39, 0.29) is 23.9 Å². The van der Waals surface area contributed by atoms with Gasteiger partial charge in [-0.15, -0.1) is 0 Å². The summed E-state index contributed by atoms with van der Waals surface area (Å²) < 4.78 is 5.18. The molecule has 5 nitrogen and oxygen atoms in total. The molecule has 1 fully saturated rings. The van der Waals surface area contributed by atoms with E-state index in [2.05, 4.69) is 10.3 Å². The van der Waals surface area contributed by atoms with Crippen LogP contribution in [0.3, 0.4) is 0 Å². The van der Waals surface area contributed by atoms with Crippen molar-refractivity contribution in [1.29, 1.82) is 0 Å². The van der Waals surface area contributed by atoms with Crippen LogP contribution in [-0.4, -0.2) is 30.1 Å². The second kappa shape index (κ2) is 5.25. The van der Waals surface area contributed by atoms with Crippen LogP contribution in [0.5, 0.6) is 0 Å². The number of nitrogens with one attached hydrogen (secondary N) is 1. The van der Waals surface area contributed by atoms with Crippen LogP contribution in [0, 0.1) is 5.92 Å². The first-order valence-electron chi connectivity index (χ1n) is 5.72. The molecule has 0 aliphatic carbocycles. The Morgan fingerprint density at radius 2 is 2.24 bits per heavy atom. The van der Waals surface area contributed by atoms with Gasteiger partial charge in [0.05, 0.1) is 25.2 Å². The predicted molar refractivity (Wildman–Crippen MR) is 63.1 cm³/mol. The van der Waals surface area contributed by atoms with Gasteiger partial charge in [0.2, 0.25) is 5.91 Å². The van der Waals surface area contributed by atoms with Gasteiger partial charge in [0.15, 0.2) is 0 Å². The molecule has 0 radical (unpaired) electrons. The highest BCUT2D eigenvalue weighted by atomic mass is 16.5. The molecule has 1 aromatic heterocycles. The first kappa shape index (κ1) is 12.0. The zero-order valence-corrected chi connectivity index (χ0v) is 9.80. The van der Waals surface area contributed by atoms with Crippen LogP contribution in [0.1, 0.15) is 18.5 Å². The van der Waals surface area contributed by atoms with Crippen molar-refractivity contribution in [2.24, 2.45) is 11.7 Å². The number of nitrogens with two attached hydrogens (primary N) is 1. The molecule has 3 atom stereocenters. The van der Waals surface area contributed by atoms with Crippen LogP contribution in [0.25, 0.3) is 0 Å². The highest BCUT2D eigenvalue weighted by Crippen LogP contribution is 2.15. The number of carbonyl (C=O) groups excluding carboxylic acids is 1. The minimum atomic E-state index is -0.237. The van der Waals surface area contributed by atoms with Crippen molar-refractivity contribution in [3.05, 3.63) is 30.1 Å². The number of amides is 1. The minimum Gasteiger partial charge on any atom is -0.379 e. The molecule has 1 aliphatic rings. The topological polar surface area (TPSA) is 77.2 Å². The van der Waals surface area contributed by atoms with Crippen molar-refractivity contribution in [2.75, 3.05) is 13.2 Å². The Bertz CT molecular complexity index is 383. The average molecular weight is 235 g/mol. The number of hydrogen-bond donors (Lipinski definition) is 2. The summed E-state index contributed by atoms with van der Waals surface area (Å²) in [6.07, 6.45) is 3.42. The van der Waals surface area contributed by atoms with Gasteiger partial charge in [0.1, 0.15) is 0 Å². The minimum absolute atomic E-state index is 0.0423. The Labute approximate surface area is 100 Å². The lowest BCUT2D eigenvalue weighted by Crippen LogP contribution is -2.41. The van der Waals surface area contributed by atoms with Crippen LogP contribution in [0.4, 0.5) is 0 Å². The molecule has 1 aliphatic heterocycles. The Morgan fingerprint density at radius 1 is 1.53 bits per heavy atom. The van der Waals surface area contributed by atoms with Gasteiger partial charge in [-0.05, 0) is 24.6 Å². The van der Waals surface area contributed by atoms with Gasteiger partial charge in [-0.3, -0.25) is 9.78 Å². The van der Waals surface area contributed by atoms with Crippen LogP contribution >= 0.6 is 0 Å². The van der Waals surface area contributed by atoms with Crippen molar-refractivity contribution in [3.63, 3.8) is 0 Å². The zero-order valence-electron chi connectivity index (χ0n) is 9.80. The summed E-state index contributed by atoms with van der Waals surface area (Å²) in [7, 11) is 0. The first-order chi connectivity index (χ1) is 8.18. The summed E-state index contributed by atoms with van der Waals surface area (Å²) in [4.78, 5) is 15.9. The molecule has 3 N–H and O–H groups in total. The molecule has 17 heavy (non-hydrogen) atoms. The molecular weight excluding hydrogens is 218 g/mol. The molecule has 1 aromatic rings. The second-order valence-electron chi connectivity index (χ2n) is 4.32. The quantitative estimate of drug-likeness (QED) is 0.786. The van der Waals surface area contributed by atoms with E-state index in [1.54, 1.807) is 12.4 Å². The van der Waals surface area contributed by atoms with Gasteiger partial charge < -0.3 is 15.8 Å². The van der Waals surface area contributed by atoms with Crippen LogP contribution < -0.4 is 11.1 Å². The number of hydrogen-bond acceptors (Lipinski definition) is 4. The van der Waals surface area contributed by atoms with E-state index in [9.17, 15) is 4.79 Å². The number of nitrogens with zero attached hydrogens (tertiary/aromatic N) is 1. The van der Waals surface area contributed by atoms with Crippen molar-refractivity contribution in [2.45, 2.75) is 19.0 Å². The Morgan fingerprint density at radius 3 is 2.82 bits per heavy atom. The predicted octanol–water partition coefficient (Wildman–Crippen LogP) is 0.233. The van der Waals surface area contributed by atoms with Crippen LogP contribution in [0.2, 0.25) is 0 Å². The number of aromatic nitrogens is 1. The molecule has 0 spiro atoms. The summed E-state index contributed by atoms with van der Waals surface area (Å²) in [6.45, 7) is 2.81. The molecule has 2 rings (SSSR count). The molecular formula is C12H17N3O2. The summed E-state index contributed by atoms with van der Waals surface area (Å²) in [5, 5.41) is 2.94. The smallest absolute Gasteiger partial charge is 0.227 e. The maximum absolute atomic E-state index is 12.0. The lowest BCUT2D eigenvalue weighted by molar-refractivity contribution is -0.125. The van der Waals surface area contributed by atoms with E-state index in [0.29, 0.717) is 13.2 Å². The molecule has 0 bridgehead atoms. The highest BCUT2D eigenvalue weighted by molar-refractivity contribution is 5.80. The van der Waals surface area contributed by atoms with E-state index in [1.165, 1.54) is 0 Å². The maximum atomic E-state index is 12.0. The molecule has 5 heteroatoms. The Kier molecular flexibility index (Phi) is 3.71. The van der Waals surface area contributed by atoms with Crippen molar-refractivity contribution >= 4 is 5.91 Å². The monoisotopic (exact) mass is 235 g/mol. The summed E-state index contributed by atoms with van der Waals surface area (Å²) >= 11 is 0. The van der Waals surface area contributed by atoms with E-state index >= 15 is 0 Å². The third kappa shape index (κ3) is 2.81. The van der Waals surface area contributed by atoms with Gasteiger partial charge in [-0.25, -0.2) is 0 Å². The number of rotatable bonds is 3. The zero-order chi connectivity index (χ0) is 12.3. The first-order valence-corrected chi connectivity index (χ1v) is 5.72. The van der Waals surface area contributed by atoms with E-state index in [1.807, 2.05) is 19.1 Å². The average Bonchev–Trinajstić information content (AvgIpc) is 2.76. The molecule has 0 saturated carbocycles.